The number of anilines is 1. The third-order valence-corrected chi connectivity index (χ3v) is 10.2. The quantitative estimate of drug-likeness (QED) is 0.154. The lowest BCUT2D eigenvalue weighted by Crippen LogP contribution is -2.34. The number of hydrogen-bond acceptors (Lipinski definition) is 1. The van der Waals surface area contributed by atoms with Gasteiger partial charge in [-0.25, -0.2) is 0 Å². The van der Waals surface area contributed by atoms with Crippen LogP contribution in [0.25, 0.3) is 32.7 Å². The zero-order chi connectivity index (χ0) is 32.1. The van der Waals surface area contributed by atoms with Crippen molar-refractivity contribution in [3.8, 4) is 11.1 Å². The Hall–Kier alpha value is -5.14. The molecule has 1 heteroatoms. The zero-order valence-corrected chi connectivity index (χ0v) is 27.5. The first-order chi connectivity index (χ1) is 23.2. The first-order valence-electron chi connectivity index (χ1n) is 17.2. The van der Waals surface area contributed by atoms with Gasteiger partial charge >= 0.3 is 0 Å². The number of aryl methyl sites for hydroxylation is 1. The molecule has 1 N–H and O–H groups in total. The largest absolute Gasteiger partial charge is 0.376 e. The van der Waals surface area contributed by atoms with Gasteiger partial charge in [-0.1, -0.05) is 166 Å². The summed E-state index contributed by atoms with van der Waals surface area (Å²) in [5.74, 6) is 0.331. The minimum atomic E-state index is -0.233. The molecule has 0 spiro atoms. The highest BCUT2D eigenvalue weighted by atomic mass is 15.0. The summed E-state index contributed by atoms with van der Waals surface area (Å²) in [4.78, 5) is 0. The Morgan fingerprint density at radius 1 is 0.532 bits per heavy atom. The molecule has 0 fully saturated rings. The van der Waals surface area contributed by atoms with Gasteiger partial charge in [0.25, 0.3) is 0 Å². The molecule has 1 atom stereocenters. The van der Waals surface area contributed by atoms with Crippen molar-refractivity contribution in [2.24, 2.45) is 0 Å². The second-order valence-corrected chi connectivity index (χ2v) is 12.8. The Labute approximate surface area is 279 Å². The smallest absolute Gasteiger partial charge is 0.0626 e. The number of benzene rings is 7. The van der Waals surface area contributed by atoms with Crippen LogP contribution < -0.4 is 5.32 Å². The van der Waals surface area contributed by atoms with Crippen LogP contribution in [0.2, 0.25) is 0 Å². The molecule has 0 aliphatic carbocycles. The van der Waals surface area contributed by atoms with Crippen LogP contribution in [0.5, 0.6) is 0 Å². The van der Waals surface area contributed by atoms with E-state index in [1.807, 2.05) is 0 Å². The molecule has 7 rings (SSSR count). The van der Waals surface area contributed by atoms with Gasteiger partial charge in [-0.2, -0.15) is 0 Å². The third kappa shape index (κ3) is 6.31. The molecule has 0 bridgehead atoms. The zero-order valence-electron chi connectivity index (χ0n) is 27.5. The van der Waals surface area contributed by atoms with E-state index in [1.54, 1.807) is 0 Å². The van der Waals surface area contributed by atoms with E-state index in [0.717, 1.165) is 31.4 Å². The second kappa shape index (κ2) is 13.7. The molecule has 1 nitrogen and oxygen atoms in total. The molecule has 0 aliphatic rings. The maximum absolute atomic E-state index is 4.06. The highest BCUT2D eigenvalue weighted by Gasteiger charge is 2.32. The molecule has 7 aromatic rings. The SMILES string of the molecule is CCC(CC)(Nc1ccc2ccccc2c1)c1ccc2ccccc2c1-c1ccc(C(CCc2ccccc2)c2ccccc2)cc1. The lowest BCUT2D eigenvalue weighted by molar-refractivity contribution is 0.456. The van der Waals surface area contributed by atoms with Crippen LogP contribution in [-0.2, 0) is 12.0 Å². The minimum absolute atomic E-state index is 0.233. The van der Waals surface area contributed by atoms with Crippen molar-refractivity contribution in [3.63, 3.8) is 0 Å². The Bertz CT molecular complexity index is 2070. The lowest BCUT2D eigenvalue weighted by atomic mass is 9.78. The van der Waals surface area contributed by atoms with Gasteiger partial charge in [0.15, 0.2) is 0 Å². The molecule has 47 heavy (non-hydrogen) atoms. The first kappa shape index (κ1) is 30.5. The van der Waals surface area contributed by atoms with E-state index in [2.05, 4.69) is 183 Å². The van der Waals surface area contributed by atoms with Crippen LogP contribution in [0, 0.1) is 0 Å². The number of fused-ring (bicyclic) bond motifs is 2. The third-order valence-electron chi connectivity index (χ3n) is 10.2. The first-order valence-corrected chi connectivity index (χ1v) is 17.2. The van der Waals surface area contributed by atoms with Crippen LogP contribution in [0.15, 0.2) is 164 Å². The highest BCUT2D eigenvalue weighted by Crippen LogP contribution is 2.43. The monoisotopic (exact) mass is 609 g/mol. The van der Waals surface area contributed by atoms with Crippen molar-refractivity contribution >= 4 is 27.2 Å². The van der Waals surface area contributed by atoms with E-state index in [9.17, 15) is 0 Å². The van der Waals surface area contributed by atoms with Crippen molar-refractivity contribution in [2.45, 2.75) is 51.0 Å². The molecule has 7 aromatic carbocycles. The van der Waals surface area contributed by atoms with Crippen LogP contribution >= 0.6 is 0 Å². The summed E-state index contributed by atoms with van der Waals surface area (Å²) in [6.07, 6.45) is 4.05. The number of hydrogen-bond donors (Lipinski definition) is 1. The van der Waals surface area contributed by atoms with Crippen molar-refractivity contribution < 1.29 is 0 Å². The summed E-state index contributed by atoms with van der Waals surface area (Å²) >= 11 is 0. The normalized spacial score (nSPS) is 12.3. The summed E-state index contributed by atoms with van der Waals surface area (Å²) in [5.41, 5.74) is 9.00. The van der Waals surface area contributed by atoms with E-state index < -0.39 is 0 Å². The van der Waals surface area contributed by atoms with Crippen LogP contribution in [0.1, 0.15) is 61.3 Å². The van der Waals surface area contributed by atoms with Gasteiger partial charge < -0.3 is 5.32 Å². The summed E-state index contributed by atoms with van der Waals surface area (Å²) in [7, 11) is 0. The van der Waals surface area contributed by atoms with Crippen LogP contribution in [0.3, 0.4) is 0 Å². The van der Waals surface area contributed by atoms with E-state index in [4.69, 9.17) is 0 Å². The average Bonchev–Trinajstić information content (AvgIpc) is 3.15. The van der Waals surface area contributed by atoms with Gasteiger partial charge in [0, 0.05) is 11.6 Å². The fourth-order valence-electron chi connectivity index (χ4n) is 7.45. The second-order valence-electron chi connectivity index (χ2n) is 12.8. The fraction of sp³-hybridized carbons (Fsp3) is 0.174. The Balaban J connectivity index is 1.30. The Kier molecular flexibility index (Phi) is 8.89. The van der Waals surface area contributed by atoms with Crippen LogP contribution in [-0.4, -0.2) is 0 Å². The van der Waals surface area contributed by atoms with Crippen LogP contribution in [0.4, 0.5) is 5.69 Å². The molecular formula is C46H43N. The predicted octanol–water partition coefficient (Wildman–Crippen LogP) is 12.6. The fourth-order valence-corrected chi connectivity index (χ4v) is 7.45. The standard InChI is InChI=1S/C46H43N/c1-3-46(4-2,47-41-30-28-35-17-11-12-21-40(35)33-41)44-32-29-37-20-13-14-22-43(37)45(44)39-26-24-38(25-27-39)42(36-18-9-6-10-19-36)31-23-34-15-7-5-8-16-34/h5-22,24-30,32-33,42,47H,3-4,23,31H2,1-2H3. The lowest BCUT2D eigenvalue weighted by Gasteiger charge is -2.37. The maximum Gasteiger partial charge on any atom is 0.0626 e. The molecule has 0 radical (unpaired) electrons. The minimum Gasteiger partial charge on any atom is -0.376 e. The number of rotatable bonds is 11. The van der Waals surface area contributed by atoms with Gasteiger partial charge in [0.05, 0.1) is 5.54 Å². The maximum atomic E-state index is 4.06. The average molecular weight is 610 g/mol. The topological polar surface area (TPSA) is 12.0 Å². The summed E-state index contributed by atoms with van der Waals surface area (Å²) in [6, 6.07) is 60.3. The van der Waals surface area contributed by atoms with Gasteiger partial charge in [0.2, 0.25) is 0 Å². The Morgan fingerprint density at radius 2 is 1.13 bits per heavy atom. The molecular weight excluding hydrogens is 567 g/mol. The van der Waals surface area contributed by atoms with Crippen molar-refractivity contribution in [2.75, 3.05) is 5.32 Å². The highest BCUT2D eigenvalue weighted by molar-refractivity contribution is 5.99. The molecule has 0 saturated carbocycles. The van der Waals surface area contributed by atoms with Gasteiger partial charge in [-0.05, 0) is 92.7 Å². The number of nitrogens with one attached hydrogen (secondary N) is 1. The van der Waals surface area contributed by atoms with E-state index in [-0.39, 0.29) is 5.54 Å². The molecule has 0 amide bonds. The molecule has 0 heterocycles. The van der Waals surface area contributed by atoms with Crippen molar-refractivity contribution in [3.05, 3.63) is 186 Å². The van der Waals surface area contributed by atoms with Crippen molar-refractivity contribution in [1.82, 2.24) is 0 Å². The summed E-state index contributed by atoms with van der Waals surface area (Å²) < 4.78 is 0. The van der Waals surface area contributed by atoms with E-state index in [0.29, 0.717) is 5.92 Å². The van der Waals surface area contributed by atoms with E-state index >= 15 is 0 Å². The molecule has 232 valence electrons. The van der Waals surface area contributed by atoms with Gasteiger partial charge in [0.1, 0.15) is 0 Å². The predicted molar refractivity (Wildman–Crippen MR) is 202 cm³/mol. The molecule has 0 aromatic heterocycles. The van der Waals surface area contributed by atoms with E-state index in [1.165, 1.54) is 54.9 Å². The molecule has 1 unspecified atom stereocenters. The van der Waals surface area contributed by atoms with Gasteiger partial charge in [-0.15, -0.1) is 0 Å². The van der Waals surface area contributed by atoms with Crippen molar-refractivity contribution in [1.29, 1.82) is 0 Å². The molecule has 0 saturated heterocycles. The molecule has 0 aliphatic heterocycles. The van der Waals surface area contributed by atoms with Gasteiger partial charge in [-0.3, -0.25) is 0 Å². The summed E-state index contributed by atoms with van der Waals surface area (Å²) in [6.45, 7) is 4.63. The summed E-state index contributed by atoms with van der Waals surface area (Å²) in [5, 5.41) is 9.15. The Morgan fingerprint density at radius 3 is 1.85 bits per heavy atom.